The van der Waals surface area contributed by atoms with Gasteiger partial charge in [0.05, 0.1) is 18.8 Å². The smallest absolute Gasteiger partial charge is 0.412 e. The maximum atomic E-state index is 13.1. The zero-order valence-electron chi connectivity index (χ0n) is 19.7. The van der Waals surface area contributed by atoms with Crippen molar-refractivity contribution in [2.24, 2.45) is 5.92 Å². The molecule has 31 heavy (non-hydrogen) atoms. The Labute approximate surface area is 186 Å². The lowest BCUT2D eigenvalue weighted by atomic mass is 9.96. The highest BCUT2D eigenvalue weighted by atomic mass is 16.6. The van der Waals surface area contributed by atoms with Crippen molar-refractivity contribution < 1.29 is 23.8 Å². The molecule has 0 bridgehead atoms. The van der Waals surface area contributed by atoms with Crippen molar-refractivity contribution in [3.8, 4) is 0 Å². The molecule has 6 heteroatoms. The van der Waals surface area contributed by atoms with Crippen molar-refractivity contribution in [3.05, 3.63) is 47.5 Å². The highest BCUT2D eigenvalue weighted by Gasteiger charge is 2.50. The second kappa shape index (κ2) is 11.3. The van der Waals surface area contributed by atoms with Gasteiger partial charge >= 0.3 is 12.1 Å². The molecular formula is C25H37NO5. The summed E-state index contributed by atoms with van der Waals surface area (Å²) in [4.78, 5) is 27.3. The minimum Gasteiger partial charge on any atom is -0.463 e. The molecule has 1 fully saturated rings. The predicted molar refractivity (Wildman–Crippen MR) is 120 cm³/mol. The Morgan fingerprint density at radius 2 is 1.84 bits per heavy atom. The first kappa shape index (κ1) is 24.9. The van der Waals surface area contributed by atoms with Crippen molar-refractivity contribution in [2.75, 3.05) is 6.61 Å². The van der Waals surface area contributed by atoms with Gasteiger partial charge in [0, 0.05) is 5.57 Å². The van der Waals surface area contributed by atoms with E-state index in [1.165, 1.54) is 0 Å². The number of carbonyl (C=O) groups excluding carboxylic acids is 2. The van der Waals surface area contributed by atoms with E-state index in [1.54, 1.807) is 11.8 Å². The van der Waals surface area contributed by atoms with Crippen molar-refractivity contribution >= 4 is 12.1 Å². The average Bonchev–Trinajstić information content (AvgIpc) is 2.95. The summed E-state index contributed by atoms with van der Waals surface area (Å²) in [5, 5.41) is 0. The van der Waals surface area contributed by atoms with Crippen molar-refractivity contribution in [2.45, 2.75) is 85.3 Å². The number of amides is 1. The lowest BCUT2D eigenvalue weighted by Gasteiger charge is -2.33. The molecule has 1 aromatic carbocycles. The van der Waals surface area contributed by atoms with Crippen LogP contribution in [0.15, 0.2) is 42.0 Å². The second-order valence-electron chi connectivity index (χ2n) is 8.80. The Morgan fingerprint density at radius 3 is 2.42 bits per heavy atom. The normalized spacial score (nSPS) is 20.7. The Hall–Kier alpha value is -2.34. The van der Waals surface area contributed by atoms with Crippen LogP contribution >= 0.6 is 0 Å². The van der Waals surface area contributed by atoms with Gasteiger partial charge in [-0.15, -0.1) is 0 Å². The van der Waals surface area contributed by atoms with Gasteiger partial charge in [0.2, 0.25) is 0 Å². The monoisotopic (exact) mass is 431 g/mol. The summed E-state index contributed by atoms with van der Waals surface area (Å²) in [6.07, 6.45) is 3.18. The molecule has 6 nitrogen and oxygen atoms in total. The number of rotatable bonds is 9. The van der Waals surface area contributed by atoms with E-state index in [9.17, 15) is 9.59 Å². The number of benzene rings is 1. The van der Waals surface area contributed by atoms with Crippen LogP contribution in [-0.4, -0.2) is 41.4 Å². The molecule has 0 spiro atoms. The van der Waals surface area contributed by atoms with Crippen molar-refractivity contribution in [3.63, 3.8) is 0 Å². The molecule has 1 aromatic rings. The number of nitrogens with zero attached hydrogens (tertiary/aromatic N) is 1. The van der Waals surface area contributed by atoms with Gasteiger partial charge in [0.25, 0.3) is 0 Å². The minimum absolute atomic E-state index is 0.199. The zero-order valence-corrected chi connectivity index (χ0v) is 19.7. The molecule has 1 saturated heterocycles. The molecule has 1 heterocycles. The van der Waals surface area contributed by atoms with Crippen molar-refractivity contribution in [1.82, 2.24) is 4.90 Å². The van der Waals surface area contributed by atoms with Crippen LogP contribution in [0.3, 0.4) is 0 Å². The fraction of sp³-hybridized carbons (Fsp3) is 0.600. The molecule has 0 aromatic heterocycles. The number of hydrogen-bond donors (Lipinski definition) is 0. The molecule has 2 rings (SSSR count). The standard InChI is InChI=1S/C25H37NO5/c1-7-12-20(23(27)29-8-2)16-22-21(15-18(3)4)26(25(5,6)31-22)24(28)30-17-19-13-10-9-11-14-19/h9-11,13-14,16,18,21-22H,7-8,12,15,17H2,1-6H3/t21-,22-/m0/s1. The molecule has 0 N–H and O–H groups in total. The highest BCUT2D eigenvalue weighted by molar-refractivity contribution is 5.88. The zero-order chi connectivity index (χ0) is 23.0. The number of hydrogen-bond acceptors (Lipinski definition) is 5. The molecule has 172 valence electrons. The van der Waals surface area contributed by atoms with E-state index in [-0.39, 0.29) is 18.6 Å². The van der Waals surface area contributed by atoms with Gasteiger partial charge in [-0.1, -0.05) is 57.5 Å². The second-order valence-corrected chi connectivity index (χ2v) is 8.80. The molecular weight excluding hydrogens is 394 g/mol. The van der Waals surface area contributed by atoms with E-state index in [2.05, 4.69) is 13.8 Å². The van der Waals surface area contributed by atoms with E-state index in [0.717, 1.165) is 18.4 Å². The molecule has 0 saturated carbocycles. The summed E-state index contributed by atoms with van der Waals surface area (Å²) in [6, 6.07) is 9.37. The van der Waals surface area contributed by atoms with Crippen molar-refractivity contribution in [1.29, 1.82) is 0 Å². The molecule has 1 amide bonds. The van der Waals surface area contributed by atoms with Crippen LogP contribution in [-0.2, 0) is 25.6 Å². The molecule has 1 aliphatic rings. The van der Waals surface area contributed by atoms with Gasteiger partial charge in [0.15, 0.2) is 0 Å². The third kappa shape index (κ3) is 6.82. The largest absolute Gasteiger partial charge is 0.463 e. The predicted octanol–water partition coefficient (Wildman–Crippen LogP) is 5.46. The van der Waals surface area contributed by atoms with E-state index >= 15 is 0 Å². The third-order valence-electron chi connectivity index (χ3n) is 5.25. The number of carbonyl (C=O) groups is 2. The SMILES string of the molecule is CCCC(=C[C@@H]1OC(C)(C)N(C(=O)OCc2ccccc2)[C@H]1CC(C)C)C(=O)OCC. The quantitative estimate of drug-likeness (QED) is 0.383. The van der Waals surface area contributed by atoms with Gasteiger partial charge in [-0.3, -0.25) is 4.90 Å². The summed E-state index contributed by atoms with van der Waals surface area (Å²) in [5.41, 5.74) is 0.664. The van der Waals surface area contributed by atoms with Crippen LogP contribution in [0.25, 0.3) is 0 Å². The first-order valence-corrected chi connectivity index (χ1v) is 11.2. The summed E-state index contributed by atoms with van der Waals surface area (Å²) >= 11 is 0. The molecule has 0 unspecified atom stereocenters. The van der Waals surface area contributed by atoms with E-state index in [0.29, 0.717) is 24.5 Å². The van der Waals surface area contributed by atoms with Gasteiger partial charge in [-0.2, -0.15) is 0 Å². The Balaban J connectivity index is 2.28. The molecule has 2 atom stereocenters. The summed E-state index contributed by atoms with van der Waals surface area (Å²) in [5.74, 6) is 0.0131. The Morgan fingerprint density at radius 1 is 1.16 bits per heavy atom. The van der Waals surface area contributed by atoms with Crippen LogP contribution in [0.1, 0.15) is 66.4 Å². The summed E-state index contributed by atoms with van der Waals surface area (Å²) in [7, 11) is 0. The summed E-state index contributed by atoms with van der Waals surface area (Å²) < 4.78 is 17.2. The fourth-order valence-electron chi connectivity index (χ4n) is 3.97. The lowest BCUT2D eigenvalue weighted by molar-refractivity contribution is -0.138. The van der Waals surface area contributed by atoms with Crippen LogP contribution in [0, 0.1) is 5.92 Å². The van der Waals surface area contributed by atoms with Gasteiger partial charge in [0.1, 0.15) is 12.3 Å². The van der Waals surface area contributed by atoms with Gasteiger partial charge < -0.3 is 14.2 Å². The number of esters is 1. The number of ether oxygens (including phenoxy) is 3. The fourth-order valence-corrected chi connectivity index (χ4v) is 3.97. The first-order valence-electron chi connectivity index (χ1n) is 11.2. The molecule has 0 aliphatic carbocycles. The summed E-state index contributed by atoms with van der Waals surface area (Å²) in [6.45, 7) is 12.3. The molecule has 0 radical (unpaired) electrons. The van der Waals surface area contributed by atoms with E-state index in [4.69, 9.17) is 14.2 Å². The third-order valence-corrected chi connectivity index (χ3v) is 5.25. The van der Waals surface area contributed by atoms with Gasteiger partial charge in [-0.25, -0.2) is 9.59 Å². The van der Waals surface area contributed by atoms with E-state index in [1.807, 2.05) is 57.2 Å². The van der Waals surface area contributed by atoms with Crippen LogP contribution in [0.5, 0.6) is 0 Å². The molecule has 1 aliphatic heterocycles. The van der Waals surface area contributed by atoms with Crippen LogP contribution in [0.4, 0.5) is 4.79 Å². The van der Waals surface area contributed by atoms with Crippen LogP contribution < -0.4 is 0 Å². The van der Waals surface area contributed by atoms with Crippen LogP contribution in [0.2, 0.25) is 0 Å². The highest BCUT2D eigenvalue weighted by Crippen LogP contribution is 2.37. The first-order chi connectivity index (χ1) is 14.7. The maximum absolute atomic E-state index is 13.1. The maximum Gasteiger partial charge on any atom is 0.412 e. The topological polar surface area (TPSA) is 65.1 Å². The Bertz CT molecular complexity index is 756. The van der Waals surface area contributed by atoms with E-state index < -0.39 is 17.9 Å². The lowest BCUT2D eigenvalue weighted by Crippen LogP contribution is -2.48. The average molecular weight is 432 g/mol. The van der Waals surface area contributed by atoms with Gasteiger partial charge in [-0.05, 0) is 51.2 Å². The Kier molecular flexibility index (Phi) is 9.11. The minimum atomic E-state index is -0.861.